The Morgan fingerprint density at radius 2 is 2.03 bits per heavy atom. The number of anilines is 2. The predicted molar refractivity (Wildman–Crippen MR) is 130 cm³/mol. The number of aryl methyl sites for hydroxylation is 1. The SMILES string of the molecule is CCCCn1c(N)c(N(CCOC)C(=O)COC(=O)Cc2coc3cc(C)ccc23)c(=O)[nH]c1=O. The molecule has 2 heterocycles. The number of aromatic amines is 1. The number of aromatic nitrogens is 2. The van der Waals surface area contributed by atoms with Gasteiger partial charge >= 0.3 is 11.7 Å². The molecule has 3 aromatic rings. The number of H-pyrrole nitrogens is 1. The summed E-state index contributed by atoms with van der Waals surface area (Å²) in [6, 6.07) is 5.63. The Morgan fingerprint density at radius 1 is 1.26 bits per heavy atom. The van der Waals surface area contributed by atoms with Crippen LogP contribution in [0, 0.1) is 6.92 Å². The molecule has 11 nitrogen and oxygen atoms in total. The van der Waals surface area contributed by atoms with Crippen molar-refractivity contribution in [2.45, 2.75) is 39.7 Å². The molecule has 0 spiro atoms. The number of unbranched alkanes of at least 4 members (excludes halogenated alkanes) is 1. The first-order valence-electron chi connectivity index (χ1n) is 11.3. The van der Waals surface area contributed by atoms with Crippen molar-refractivity contribution in [3.05, 3.63) is 56.4 Å². The predicted octanol–water partition coefficient (Wildman–Crippen LogP) is 1.74. The fraction of sp³-hybridized carbons (Fsp3) is 0.417. The van der Waals surface area contributed by atoms with Gasteiger partial charge in [-0.05, 0) is 25.0 Å². The molecule has 0 aliphatic rings. The van der Waals surface area contributed by atoms with E-state index >= 15 is 0 Å². The van der Waals surface area contributed by atoms with Gasteiger partial charge in [-0.1, -0.05) is 25.5 Å². The highest BCUT2D eigenvalue weighted by atomic mass is 16.5. The van der Waals surface area contributed by atoms with Crippen molar-refractivity contribution in [2.75, 3.05) is 37.5 Å². The second-order valence-electron chi connectivity index (χ2n) is 8.13. The van der Waals surface area contributed by atoms with Crippen molar-refractivity contribution >= 4 is 34.4 Å². The molecule has 1 amide bonds. The lowest BCUT2D eigenvalue weighted by Gasteiger charge is -2.24. The van der Waals surface area contributed by atoms with Crippen molar-refractivity contribution in [1.29, 1.82) is 0 Å². The number of esters is 1. The number of benzene rings is 1. The molecule has 3 rings (SSSR count). The summed E-state index contributed by atoms with van der Waals surface area (Å²) < 4.78 is 17.0. The third kappa shape index (κ3) is 5.99. The normalized spacial score (nSPS) is 11.1. The molecule has 0 aliphatic heterocycles. The molecule has 0 fully saturated rings. The topological polar surface area (TPSA) is 150 Å². The second kappa shape index (κ2) is 11.5. The van der Waals surface area contributed by atoms with Gasteiger partial charge in [-0.25, -0.2) is 4.79 Å². The van der Waals surface area contributed by atoms with E-state index in [2.05, 4.69) is 4.98 Å². The standard InChI is InChI=1S/C24H30N4O7/c1-4-5-8-28-22(25)21(23(31)26-24(28)32)27(9-10-33-3)19(29)14-35-20(30)12-16-13-34-18-11-15(2)6-7-17(16)18/h6-7,11,13H,4-5,8-10,12,14,25H2,1-3H3,(H,26,31,32). The molecular formula is C24H30N4O7. The average molecular weight is 487 g/mol. The van der Waals surface area contributed by atoms with Gasteiger partial charge in [0, 0.05) is 31.1 Å². The minimum Gasteiger partial charge on any atom is -0.464 e. The molecule has 0 atom stereocenters. The number of nitrogens with one attached hydrogen (secondary N) is 1. The Bertz CT molecular complexity index is 1320. The van der Waals surface area contributed by atoms with E-state index in [1.165, 1.54) is 17.9 Å². The minimum absolute atomic E-state index is 0.0299. The number of nitrogens with two attached hydrogens (primary N) is 1. The number of hydrogen-bond donors (Lipinski definition) is 2. The lowest BCUT2D eigenvalue weighted by Crippen LogP contribution is -2.44. The number of nitrogens with zero attached hydrogens (tertiary/aromatic N) is 2. The van der Waals surface area contributed by atoms with Crippen molar-refractivity contribution in [3.8, 4) is 0 Å². The van der Waals surface area contributed by atoms with Crippen LogP contribution in [0.3, 0.4) is 0 Å². The number of carbonyl (C=O) groups is 2. The van der Waals surface area contributed by atoms with Gasteiger partial charge in [0.05, 0.1) is 19.3 Å². The zero-order chi connectivity index (χ0) is 25.5. The van der Waals surface area contributed by atoms with E-state index in [4.69, 9.17) is 19.6 Å². The van der Waals surface area contributed by atoms with Crippen molar-refractivity contribution in [2.24, 2.45) is 0 Å². The summed E-state index contributed by atoms with van der Waals surface area (Å²) in [5, 5.41) is 0.786. The summed E-state index contributed by atoms with van der Waals surface area (Å²) in [7, 11) is 1.44. The highest BCUT2D eigenvalue weighted by Crippen LogP contribution is 2.23. The zero-order valence-electron chi connectivity index (χ0n) is 20.1. The van der Waals surface area contributed by atoms with E-state index in [0.29, 0.717) is 17.6 Å². The van der Waals surface area contributed by atoms with E-state index in [9.17, 15) is 19.2 Å². The molecule has 1 aromatic carbocycles. The number of ether oxygens (including phenoxy) is 2. The van der Waals surface area contributed by atoms with Crippen LogP contribution in [0.25, 0.3) is 11.0 Å². The van der Waals surface area contributed by atoms with Gasteiger partial charge < -0.3 is 19.6 Å². The number of hydrogen-bond acceptors (Lipinski definition) is 8. The van der Waals surface area contributed by atoms with Crippen LogP contribution >= 0.6 is 0 Å². The lowest BCUT2D eigenvalue weighted by atomic mass is 10.1. The summed E-state index contributed by atoms with van der Waals surface area (Å²) in [6.07, 6.45) is 2.85. The Hall–Kier alpha value is -3.86. The number of furan rings is 1. The van der Waals surface area contributed by atoms with Gasteiger partial charge in [0.1, 0.15) is 11.4 Å². The van der Waals surface area contributed by atoms with Crippen molar-refractivity contribution < 1.29 is 23.5 Å². The van der Waals surface area contributed by atoms with Crippen molar-refractivity contribution in [1.82, 2.24) is 9.55 Å². The highest BCUT2D eigenvalue weighted by molar-refractivity contribution is 5.97. The van der Waals surface area contributed by atoms with Crippen LogP contribution in [0.5, 0.6) is 0 Å². The average Bonchev–Trinajstić information content (AvgIpc) is 3.20. The summed E-state index contributed by atoms with van der Waals surface area (Å²) in [5.74, 6) is -1.45. The fourth-order valence-corrected chi connectivity index (χ4v) is 3.67. The van der Waals surface area contributed by atoms with E-state index < -0.39 is 29.7 Å². The van der Waals surface area contributed by atoms with Gasteiger partial charge in [0.2, 0.25) is 0 Å². The first kappa shape index (κ1) is 25.8. The maximum atomic E-state index is 13.0. The molecule has 0 bridgehead atoms. The number of nitrogen functional groups attached to an aromatic ring is 1. The van der Waals surface area contributed by atoms with E-state index in [0.717, 1.165) is 22.3 Å². The molecule has 0 radical (unpaired) electrons. The first-order valence-corrected chi connectivity index (χ1v) is 11.3. The Kier molecular flexibility index (Phi) is 8.48. The summed E-state index contributed by atoms with van der Waals surface area (Å²) in [4.78, 5) is 53.5. The molecule has 0 saturated carbocycles. The molecule has 3 N–H and O–H groups in total. The zero-order valence-corrected chi connectivity index (χ0v) is 20.1. The van der Waals surface area contributed by atoms with Crippen LogP contribution < -0.4 is 21.9 Å². The number of methoxy groups -OCH3 is 1. The number of fused-ring (bicyclic) bond motifs is 1. The molecule has 2 aromatic heterocycles. The minimum atomic E-state index is -0.809. The fourth-order valence-electron chi connectivity index (χ4n) is 3.67. The summed E-state index contributed by atoms with van der Waals surface area (Å²) in [5.41, 5.74) is 6.80. The monoisotopic (exact) mass is 486 g/mol. The van der Waals surface area contributed by atoms with Crippen LogP contribution in [-0.2, 0) is 32.0 Å². The smallest absolute Gasteiger partial charge is 0.330 e. The Labute approximate surface area is 201 Å². The largest absolute Gasteiger partial charge is 0.464 e. The third-order valence-corrected chi connectivity index (χ3v) is 5.54. The Morgan fingerprint density at radius 3 is 2.74 bits per heavy atom. The number of amides is 1. The van der Waals surface area contributed by atoms with E-state index in [1.807, 2.05) is 32.0 Å². The van der Waals surface area contributed by atoms with Crippen LogP contribution in [0.2, 0.25) is 0 Å². The molecule has 0 saturated heterocycles. The first-order chi connectivity index (χ1) is 16.8. The summed E-state index contributed by atoms with van der Waals surface area (Å²) >= 11 is 0. The van der Waals surface area contributed by atoms with Gasteiger partial charge in [-0.3, -0.25) is 28.8 Å². The maximum absolute atomic E-state index is 13.0. The van der Waals surface area contributed by atoms with Gasteiger partial charge in [-0.2, -0.15) is 0 Å². The molecule has 0 aliphatic carbocycles. The number of rotatable bonds is 11. The van der Waals surface area contributed by atoms with Crippen molar-refractivity contribution in [3.63, 3.8) is 0 Å². The molecule has 35 heavy (non-hydrogen) atoms. The third-order valence-electron chi connectivity index (χ3n) is 5.54. The quantitative estimate of drug-likeness (QED) is 0.389. The lowest BCUT2D eigenvalue weighted by molar-refractivity contribution is -0.147. The number of carbonyl (C=O) groups excluding carboxylic acids is 2. The van der Waals surface area contributed by atoms with Gasteiger partial charge in [-0.15, -0.1) is 0 Å². The maximum Gasteiger partial charge on any atom is 0.330 e. The molecular weight excluding hydrogens is 456 g/mol. The van der Waals surface area contributed by atoms with E-state index in [1.54, 1.807) is 0 Å². The van der Waals surface area contributed by atoms with Crippen LogP contribution in [0.1, 0.15) is 30.9 Å². The molecule has 11 heteroatoms. The summed E-state index contributed by atoms with van der Waals surface area (Å²) in [6.45, 7) is 3.61. The highest BCUT2D eigenvalue weighted by Gasteiger charge is 2.25. The van der Waals surface area contributed by atoms with Crippen LogP contribution in [-0.4, -0.2) is 48.3 Å². The molecule has 188 valence electrons. The van der Waals surface area contributed by atoms with Gasteiger partial charge in [0.25, 0.3) is 11.5 Å². The second-order valence-corrected chi connectivity index (χ2v) is 8.13. The van der Waals surface area contributed by atoms with E-state index in [-0.39, 0.29) is 37.6 Å². The van der Waals surface area contributed by atoms with Crippen LogP contribution in [0.4, 0.5) is 11.5 Å². The Balaban J connectivity index is 1.77. The van der Waals surface area contributed by atoms with Gasteiger partial charge in [0.15, 0.2) is 12.3 Å². The van der Waals surface area contributed by atoms with Crippen LogP contribution in [0.15, 0.2) is 38.5 Å². The molecule has 0 unspecified atom stereocenters.